The Morgan fingerprint density at radius 2 is 1.95 bits per heavy atom. The Kier molecular flexibility index (Phi) is 9.35. The van der Waals surface area contributed by atoms with Gasteiger partial charge in [-0.3, -0.25) is 14.2 Å². The number of fused-ring (bicyclic) bond motifs is 1. The molecule has 2 aromatic carbocycles. The van der Waals surface area contributed by atoms with Crippen LogP contribution in [0.4, 0.5) is 11.6 Å². The number of nitrogens with two attached hydrogens (primary N) is 2. The zero-order chi connectivity index (χ0) is 27.7. The summed E-state index contributed by atoms with van der Waals surface area (Å²) in [6.45, 7) is 5.86. The van der Waals surface area contributed by atoms with Crippen molar-refractivity contribution < 1.29 is 9.53 Å². The molecular formula is C29H30N6O3. The lowest BCUT2D eigenvalue weighted by molar-refractivity contribution is 0.100. The fourth-order valence-electron chi connectivity index (χ4n) is 3.89. The standard InChI is InChI=1S/C21H19NO2.C8H11N5O/c1-3-18-15-17-10-7-9-16(11-8-14-24-2)20(17)21(23)22(18)19-12-5-4-6-13-19;1-3-4-11-8-5(7(10)14)6(9)12-13(8)2/h4-7,9-10,12-13,15H,3,14H2,1-2H3;3-4H,1H2,2H3,(H2,9,12)(H2,10,14)/b;11-4-. The van der Waals surface area contributed by atoms with E-state index in [0.717, 1.165) is 28.8 Å². The van der Waals surface area contributed by atoms with Crippen LogP contribution < -0.4 is 17.0 Å². The second kappa shape index (κ2) is 12.9. The number of ether oxygens (including phenoxy) is 1. The van der Waals surface area contributed by atoms with Crippen LogP contribution in [0.1, 0.15) is 28.5 Å². The molecule has 1 amide bonds. The summed E-state index contributed by atoms with van der Waals surface area (Å²) in [6, 6.07) is 17.6. The van der Waals surface area contributed by atoms with Gasteiger partial charge in [-0.15, -0.1) is 0 Å². The summed E-state index contributed by atoms with van der Waals surface area (Å²) in [4.78, 5) is 28.2. The number of para-hydroxylation sites is 1. The predicted octanol–water partition coefficient (Wildman–Crippen LogP) is 3.54. The van der Waals surface area contributed by atoms with Gasteiger partial charge in [0.1, 0.15) is 12.2 Å². The first-order chi connectivity index (χ1) is 18.3. The van der Waals surface area contributed by atoms with Crippen LogP contribution in [-0.2, 0) is 18.2 Å². The number of primary amides is 1. The van der Waals surface area contributed by atoms with E-state index in [1.54, 1.807) is 18.7 Å². The quantitative estimate of drug-likeness (QED) is 0.303. The van der Waals surface area contributed by atoms with Crippen molar-refractivity contribution in [2.75, 3.05) is 19.5 Å². The summed E-state index contributed by atoms with van der Waals surface area (Å²) in [5, 5.41) is 5.41. The summed E-state index contributed by atoms with van der Waals surface area (Å²) in [5.41, 5.74) is 13.3. The van der Waals surface area contributed by atoms with Gasteiger partial charge in [0.25, 0.3) is 11.5 Å². The third-order valence-electron chi connectivity index (χ3n) is 5.53. The molecule has 0 fully saturated rings. The van der Waals surface area contributed by atoms with Crippen molar-refractivity contribution in [2.45, 2.75) is 13.3 Å². The maximum absolute atomic E-state index is 13.2. The van der Waals surface area contributed by atoms with Gasteiger partial charge in [-0.25, -0.2) is 9.67 Å². The minimum Gasteiger partial charge on any atom is -0.381 e. The number of nitrogen functional groups attached to an aromatic ring is 1. The molecule has 0 bridgehead atoms. The second-order valence-electron chi connectivity index (χ2n) is 8.06. The highest BCUT2D eigenvalue weighted by molar-refractivity contribution is 6.02. The topological polar surface area (TPSA) is 131 Å². The summed E-state index contributed by atoms with van der Waals surface area (Å²) in [5.74, 6) is 5.76. The number of aromatic nitrogens is 3. The van der Waals surface area contributed by atoms with E-state index >= 15 is 0 Å². The van der Waals surface area contributed by atoms with E-state index in [-0.39, 0.29) is 16.9 Å². The number of hydrogen-bond acceptors (Lipinski definition) is 6. The number of hydrogen-bond donors (Lipinski definition) is 2. The maximum Gasteiger partial charge on any atom is 0.264 e. The maximum atomic E-state index is 13.2. The van der Waals surface area contributed by atoms with Crippen LogP contribution in [0.3, 0.4) is 0 Å². The lowest BCUT2D eigenvalue weighted by Gasteiger charge is -2.14. The molecule has 0 atom stereocenters. The zero-order valence-electron chi connectivity index (χ0n) is 21.6. The average Bonchev–Trinajstić information content (AvgIpc) is 3.20. The van der Waals surface area contributed by atoms with Crippen LogP contribution in [-0.4, -0.2) is 40.2 Å². The van der Waals surface area contributed by atoms with Crippen LogP contribution >= 0.6 is 0 Å². The molecule has 0 saturated heterocycles. The van der Waals surface area contributed by atoms with Crippen molar-refractivity contribution in [2.24, 2.45) is 17.8 Å². The van der Waals surface area contributed by atoms with Crippen molar-refractivity contribution in [1.29, 1.82) is 0 Å². The van der Waals surface area contributed by atoms with E-state index in [2.05, 4.69) is 41.5 Å². The van der Waals surface area contributed by atoms with Gasteiger partial charge in [0.2, 0.25) is 0 Å². The Bertz CT molecular complexity index is 1600. The van der Waals surface area contributed by atoms with Crippen LogP contribution in [0.15, 0.2) is 77.0 Å². The molecule has 2 heterocycles. The van der Waals surface area contributed by atoms with Crippen LogP contribution in [0.25, 0.3) is 16.5 Å². The fourth-order valence-corrected chi connectivity index (χ4v) is 3.89. The molecule has 0 aliphatic heterocycles. The summed E-state index contributed by atoms with van der Waals surface area (Å²) < 4.78 is 8.14. The number of pyridine rings is 1. The van der Waals surface area contributed by atoms with E-state index in [0.29, 0.717) is 17.8 Å². The van der Waals surface area contributed by atoms with Crippen molar-refractivity contribution >= 4 is 34.5 Å². The third kappa shape index (κ3) is 6.06. The largest absolute Gasteiger partial charge is 0.381 e. The molecule has 0 radical (unpaired) electrons. The van der Waals surface area contributed by atoms with E-state index in [1.165, 1.54) is 17.0 Å². The van der Waals surface area contributed by atoms with Gasteiger partial charge < -0.3 is 16.2 Å². The number of amides is 1. The highest BCUT2D eigenvalue weighted by Crippen LogP contribution is 2.23. The molecule has 2 aromatic heterocycles. The van der Waals surface area contributed by atoms with Gasteiger partial charge in [-0.2, -0.15) is 5.10 Å². The van der Waals surface area contributed by atoms with E-state index in [1.807, 2.05) is 48.5 Å². The Morgan fingerprint density at radius 3 is 2.58 bits per heavy atom. The van der Waals surface area contributed by atoms with Crippen molar-refractivity contribution in [1.82, 2.24) is 14.3 Å². The normalized spacial score (nSPS) is 10.5. The first-order valence-corrected chi connectivity index (χ1v) is 11.8. The van der Waals surface area contributed by atoms with Gasteiger partial charge >= 0.3 is 0 Å². The summed E-state index contributed by atoms with van der Waals surface area (Å²) in [6.07, 6.45) is 3.69. The van der Waals surface area contributed by atoms with E-state index in [4.69, 9.17) is 16.2 Å². The van der Waals surface area contributed by atoms with Crippen LogP contribution in [0.5, 0.6) is 0 Å². The number of aliphatic imine (C=N–C) groups is 1. The Hall–Kier alpha value is -4.94. The number of allylic oxidation sites excluding steroid dienone is 1. The number of rotatable bonds is 6. The first kappa shape index (κ1) is 27.6. The molecule has 0 aliphatic rings. The molecule has 4 N–H and O–H groups in total. The summed E-state index contributed by atoms with van der Waals surface area (Å²) >= 11 is 0. The van der Waals surface area contributed by atoms with Gasteiger partial charge in [-0.05, 0) is 36.1 Å². The molecule has 0 spiro atoms. The number of carbonyl (C=O) groups excluding carboxylic acids is 1. The highest BCUT2D eigenvalue weighted by Gasteiger charge is 2.17. The van der Waals surface area contributed by atoms with Crippen LogP contribution in [0.2, 0.25) is 0 Å². The van der Waals surface area contributed by atoms with Crippen molar-refractivity contribution in [3.63, 3.8) is 0 Å². The number of benzene rings is 2. The molecule has 194 valence electrons. The SMILES string of the molecule is C=C/C=N\c1c(C(N)=O)c(N)nn1C.CCc1cc2cccc(C#CCOC)c2c(=O)n1-c1ccccc1. The van der Waals surface area contributed by atoms with Gasteiger partial charge in [0.05, 0.1) is 5.39 Å². The smallest absolute Gasteiger partial charge is 0.264 e. The minimum atomic E-state index is -0.646. The molecule has 9 nitrogen and oxygen atoms in total. The highest BCUT2D eigenvalue weighted by atomic mass is 16.5. The zero-order valence-corrected chi connectivity index (χ0v) is 21.6. The first-order valence-electron chi connectivity index (χ1n) is 11.8. The lowest BCUT2D eigenvalue weighted by atomic mass is 10.0. The van der Waals surface area contributed by atoms with E-state index in [9.17, 15) is 9.59 Å². The van der Waals surface area contributed by atoms with Gasteiger partial charge in [0, 0.05) is 37.3 Å². The fraction of sp³-hybridized carbons (Fsp3) is 0.172. The monoisotopic (exact) mass is 510 g/mol. The molecule has 0 aliphatic carbocycles. The van der Waals surface area contributed by atoms with Crippen LogP contribution in [0, 0.1) is 11.8 Å². The summed E-state index contributed by atoms with van der Waals surface area (Å²) in [7, 11) is 3.23. The molecule has 9 heteroatoms. The molecule has 4 aromatic rings. The Labute approximate surface area is 221 Å². The van der Waals surface area contributed by atoms with Gasteiger partial charge in [0.15, 0.2) is 11.6 Å². The number of carbonyl (C=O) groups is 1. The number of anilines is 1. The molecule has 0 saturated carbocycles. The molecule has 0 unspecified atom stereocenters. The Balaban J connectivity index is 0.000000244. The second-order valence-corrected chi connectivity index (χ2v) is 8.06. The molecule has 38 heavy (non-hydrogen) atoms. The van der Waals surface area contributed by atoms with Crippen molar-refractivity contribution in [3.8, 4) is 17.5 Å². The van der Waals surface area contributed by atoms with Crippen molar-refractivity contribution in [3.05, 3.63) is 94.4 Å². The third-order valence-corrected chi connectivity index (χ3v) is 5.53. The number of methoxy groups -OCH3 is 1. The predicted molar refractivity (Wildman–Crippen MR) is 152 cm³/mol. The molecular weight excluding hydrogens is 480 g/mol. The number of aryl methyl sites for hydroxylation is 2. The van der Waals surface area contributed by atoms with Gasteiger partial charge in [-0.1, -0.05) is 61.8 Å². The minimum absolute atomic E-state index is 0.0298. The van der Waals surface area contributed by atoms with E-state index < -0.39 is 5.91 Å². The lowest BCUT2D eigenvalue weighted by Crippen LogP contribution is -2.22. The Morgan fingerprint density at radius 1 is 1.21 bits per heavy atom. The molecule has 4 rings (SSSR count). The average molecular weight is 511 g/mol. The number of nitrogens with zero attached hydrogens (tertiary/aromatic N) is 4.